The lowest BCUT2D eigenvalue weighted by atomic mass is 9.99. The molecule has 134 valence electrons. The standard InChI is InChI=1S/C19H22N2O3.ClH/c22-19(21-16-10-14-6-7-15(11-16)20-14)18-13(8-9-23-18)12-24-17-4-2-1-3-5-17;/h1-5,8-9,14-16,20H,6-7,10-12H2,(H,21,22);1H. The topological polar surface area (TPSA) is 63.5 Å². The summed E-state index contributed by atoms with van der Waals surface area (Å²) in [6, 6.07) is 12.7. The van der Waals surface area contributed by atoms with Gasteiger partial charge in [-0.1, -0.05) is 18.2 Å². The number of halogens is 1. The summed E-state index contributed by atoms with van der Waals surface area (Å²) in [6.45, 7) is 0.320. The van der Waals surface area contributed by atoms with Crippen LogP contribution in [0.1, 0.15) is 41.8 Å². The number of carbonyl (C=O) groups excluding carboxylic acids is 1. The first-order valence-electron chi connectivity index (χ1n) is 8.59. The molecule has 25 heavy (non-hydrogen) atoms. The molecule has 6 heteroatoms. The number of furan rings is 1. The van der Waals surface area contributed by atoms with Crippen LogP contribution in [0.5, 0.6) is 5.75 Å². The average molecular weight is 363 g/mol. The van der Waals surface area contributed by atoms with E-state index in [1.54, 1.807) is 12.3 Å². The SMILES string of the molecule is Cl.O=C(NC1CC2CCC(C1)N2)c1occc1COc1ccccc1. The van der Waals surface area contributed by atoms with E-state index in [-0.39, 0.29) is 24.4 Å². The van der Waals surface area contributed by atoms with E-state index >= 15 is 0 Å². The third-order valence-corrected chi connectivity index (χ3v) is 4.90. The Balaban J connectivity index is 0.00000182. The minimum absolute atomic E-state index is 0. The lowest BCUT2D eigenvalue weighted by Crippen LogP contribution is -2.48. The van der Waals surface area contributed by atoms with Gasteiger partial charge in [0.05, 0.1) is 6.26 Å². The van der Waals surface area contributed by atoms with Crippen molar-refractivity contribution >= 4 is 18.3 Å². The zero-order valence-corrected chi connectivity index (χ0v) is 14.8. The van der Waals surface area contributed by atoms with Crippen molar-refractivity contribution < 1.29 is 13.9 Å². The molecule has 0 radical (unpaired) electrons. The number of amides is 1. The number of hydrogen-bond donors (Lipinski definition) is 2. The molecule has 0 saturated carbocycles. The van der Waals surface area contributed by atoms with Gasteiger partial charge in [-0.2, -0.15) is 0 Å². The molecule has 1 aromatic heterocycles. The maximum atomic E-state index is 12.6. The highest BCUT2D eigenvalue weighted by Crippen LogP contribution is 2.27. The van der Waals surface area contributed by atoms with Crippen LogP contribution >= 0.6 is 12.4 Å². The molecule has 2 aromatic rings. The van der Waals surface area contributed by atoms with Crippen LogP contribution in [0, 0.1) is 0 Å². The van der Waals surface area contributed by atoms with Crippen molar-refractivity contribution in [1.29, 1.82) is 0 Å². The summed E-state index contributed by atoms with van der Waals surface area (Å²) in [4.78, 5) is 12.6. The molecule has 2 saturated heterocycles. The molecule has 5 nitrogen and oxygen atoms in total. The number of piperidine rings is 1. The van der Waals surface area contributed by atoms with Crippen LogP contribution in [-0.4, -0.2) is 24.0 Å². The number of para-hydroxylation sites is 1. The van der Waals surface area contributed by atoms with E-state index in [9.17, 15) is 4.79 Å². The molecule has 2 bridgehead atoms. The Morgan fingerprint density at radius 1 is 1.16 bits per heavy atom. The van der Waals surface area contributed by atoms with Gasteiger partial charge in [0.2, 0.25) is 0 Å². The van der Waals surface area contributed by atoms with Crippen LogP contribution in [0.25, 0.3) is 0 Å². The van der Waals surface area contributed by atoms with Gasteiger partial charge in [0.1, 0.15) is 12.4 Å². The van der Waals surface area contributed by atoms with E-state index in [1.807, 2.05) is 30.3 Å². The van der Waals surface area contributed by atoms with Crippen molar-refractivity contribution in [1.82, 2.24) is 10.6 Å². The van der Waals surface area contributed by atoms with Gasteiger partial charge in [-0.3, -0.25) is 4.79 Å². The number of nitrogens with one attached hydrogen (secondary N) is 2. The van der Waals surface area contributed by atoms with E-state index in [4.69, 9.17) is 9.15 Å². The first-order chi connectivity index (χ1) is 11.8. The number of ether oxygens (including phenoxy) is 1. The minimum Gasteiger partial charge on any atom is -0.489 e. The van der Waals surface area contributed by atoms with Crippen molar-refractivity contribution in [3.8, 4) is 5.75 Å². The fraction of sp³-hybridized carbons (Fsp3) is 0.421. The van der Waals surface area contributed by atoms with E-state index in [0.717, 1.165) is 24.2 Å². The second-order valence-electron chi connectivity index (χ2n) is 6.66. The lowest BCUT2D eigenvalue weighted by molar-refractivity contribution is 0.0892. The Morgan fingerprint density at radius 2 is 1.88 bits per heavy atom. The molecule has 2 aliphatic rings. The summed E-state index contributed by atoms with van der Waals surface area (Å²) < 4.78 is 11.1. The molecular weight excluding hydrogens is 340 g/mol. The van der Waals surface area contributed by atoms with Gasteiger partial charge in [0.15, 0.2) is 5.76 Å². The first-order valence-corrected chi connectivity index (χ1v) is 8.59. The Hall–Kier alpha value is -1.98. The lowest BCUT2D eigenvalue weighted by Gasteiger charge is -2.29. The van der Waals surface area contributed by atoms with Crippen LogP contribution in [0.2, 0.25) is 0 Å². The Kier molecular flexibility index (Phi) is 5.66. The van der Waals surface area contributed by atoms with Crippen molar-refractivity contribution in [2.45, 2.75) is 50.4 Å². The molecule has 2 unspecified atom stereocenters. The second-order valence-corrected chi connectivity index (χ2v) is 6.66. The summed E-state index contributed by atoms with van der Waals surface area (Å²) in [7, 11) is 0. The normalized spacial score (nSPS) is 24.4. The summed E-state index contributed by atoms with van der Waals surface area (Å²) in [6.07, 6.45) is 5.98. The smallest absolute Gasteiger partial charge is 0.287 e. The molecule has 2 aliphatic heterocycles. The Labute approximate surface area is 153 Å². The Morgan fingerprint density at radius 3 is 2.60 bits per heavy atom. The molecule has 2 atom stereocenters. The third kappa shape index (κ3) is 4.17. The highest BCUT2D eigenvalue weighted by Gasteiger charge is 2.34. The zero-order valence-electron chi connectivity index (χ0n) is 13.9. The summed E-state index contributed by atoms with van der Waals surface area (Å²) >= 11 is 0. The van der Waals surface area contributed by atoms with Crippen molar-refractivity contribution in [2.24, 2.45) is 0 Å². The maximum absolute atomic E-state index is 12.6. The summed E-state index contributed by atoms with van der Waals surface area (Å²) in [5.41, 5.74) is 0.772. The number of benzene rings is 1. The molecule has 0 aliphatic carbocycles. The molecule has 2 fully saturated rings. The predicted molar refractivity (Wildman–Crippen MR) is 97.2 cm³/mol. The maximum Gasteiger partial charge on any atom is 0.287 e. The van der Waals surface area contributed by atoms with Gasteiger partial charge in [-0.05, 0) is 43.9 Å². The first kappa shape index (κ1) is 17.8. The Bertz CT molecular complexity index is 692. The van der Waals surface area contributed by atoms with E-state index in [1.165, 1.54) is 12.8 Å². The number of rotatable bonds is 5. The third-order valence-electron chi connectivity index (χ3n) is 4.90. The van der Waals surface area contributed by atoms with Crippen LogP contribution in [0.15, 0.2) is 47.1 Å². The number of fused-ring (bicyclic) bond motifs is 2. The minimum atomic E-state index is -0.141. The van der Waals surface area contributed by atoms with Gasteiger partial charge in [-0.25, -0.2) is 0 Å². The van der Waals surface area contributed by atoms with Gasteiger partial charge in [0, 0.05) is 23.7 Å². The number of carbonyl (C=O) groups is 1. The number of hydrogen-bond acceptors (Lipinski definition) is 4. The van der Waals surface area contributed by atoms with Crippen molar-refractivity contribution in [3.05, 3.63) is 54.0 Å². The van der Waals surface area contributed by atoms with Crippen molar-refractivity contribution in [2.75, 3.05) is 0 Å². The highest BCUT2D eigenvalue weighted by molar-refractivity contribution is 5.93. The monoisotopic (exact) mass is 362 g/mol. The van der Waals surface area contributed by atoms with Crippen LogP contribution in [0.3, 0.4) is 0 Å². The molecule has 0 spiro atoms. The van der Waals surface area contributed by atoms with Crippen LogP contribution in [0.4, 0.5) is 0 Å². The fourth-order valence-electron chi connectivity index (χ4n) is 3.75. The predicted octanol–water partition coefficient (Wildman–Crippen LogP) is 3.29. The summed E-state index contributed by atoms with van der Waals surface area (Å²) in [5, 5.41) is 6.72. The van der Waals surface area contributed by atoms with Crippen molar-refractivity contribution in [3.63, 3.8) is 0 Å². The van der Waals surface area contributed by atoms with Gasteiger partial charge in [-0.15, -0.1) is 12.4 Å². The quantitative estimate of drug-likeness (QED) is 0.856. The molecule has 1 aromatic carbocycles. The molecule has 2 N–H and O–H groups in total. The largest absolute Gasteiger partial charge is 0.489 e. The summed E-state index contributed by atoms with van der Waals surface area (Å²) in [5.74, 6) is 0.995. The van der Waals surface area contributed by atoms with E-state index in [0.29, 0.717) is 24.5 Å². The van der Waals surface area contributed by atoms with E-state index < -0.39 is 0 Å². The average Bonchev–Trinajstić information content (AvgIpc) is 3.20. The van der Waals surface area contributed by atoms with Crippen LogP contribution < -0.4 is 15.4 Å². The van der Waals surface area contributed by atoms with E-state index in [2.05, 4.69) is 10.6 Å². The molecule has 3 heterocycles. The fourth-order valence-corrected chi connectivity index (χ4v) is 3.75. The highest BCUT2D eigenvalue weighted by atomic mass is 35.5. The zero-order chi connectivity index (χ0) is 16.4. The van der Waals surface area contributed by atoms with Crippen LogP contribution in [-0.2, 0) is 6.61 Å². The van der Waals surface area contributed by atoms with Gasteiger partial charge in [0.25, 0.3) is 5.91 Å². The molecule has 1 amide bonds. The second kappa shape index (κ2) is 7.93. The molecule has 4 rings (SSSR count). The van der Waals surface area contributed by atoms with Gasteiger partial charge >= 0.3 is 0 Å². The molecular formula is C19H23ClN2O3. The van der Waals surface area contributed by atoms with Gasteiger partial charge < -0.3 is 19.8 Å².